The smallest absolute Gasteiger partial charge is 0.414 e. The van der Waals surface area contributed by atoms with E-state index in [9.17, 15) is 13.2 Å². The van der Waals surface area contributed by atoms with Gasteiger partial charge in [0.2, 0.25) is 10.0 Å². The first kappa shape index (κ1) is 22.1. The SMILES string of the molecule is CCC(=S)NC[C@H]1CN(c2ccc(N3CCN(S(=O)(=O)CCl)CC3)cc2)C(=O)O1. The molecule has 0 aliphatic carbocycles. The maximum atomic E-state index is 12.2. The van der Waals surface area contributed by atoms with Gasteiger partial charge in [-0.3, -0.25) is 4.90 Å². The molecule has 0 spiro atoms. The van der Waals surface area contributed by atoms with Gasteiger partial charge in [-0.25, -0.2) is 13.2 Å². The van der Waals surface area contributed by atoms with Gasteiger partial charge >= 0.3 is 6.09 Å². The Hall–Kier alpha value is -1.62. The van der Waals surface area contributed by atoms with Crippen molar-refractivity contribution >= 4 is 56.3 Å². The number of anilines is 2. The quantitative estimate of drug-likeness (QED) is 0.492. The molecule has 2 aliphatic rings. The normalized spacial score (nSPS) is 20.6. The van der Waals surface area contributed by atoms with E-state index in [0.29, 0.717) is 39.3 Å². The van der Waals surface area contributed by atoms with Crippen LogP contribution in [0.5, 0.6) is 0 Å². The third-order valence-corrected chi connectivity index (χ3v) is 7.71. The molecule has 1 N–H and O–H groups in total. The molecule has 8 nitrogen and oxygen atoms in total. The Kier molecular flexibility index (Phi) is 7.20. The zero-order chi connectivity index (χ0) is 21.0. The predicted octanol–water partition coefficient (Wildman–Crippen LogP) is 1.99. The number of hydrogen-bond acceptors (Lipinski definition) is 6. The molecule has 0 saturated carbocycles. The number of piperazine rings is 1. The Morgan fingerprint density at radius 3 is 2.41 bits per heavy atom. The van der Waals surface area contributed by atoms with Crippen molar-refractivity contribution in [3.63, 3.8) is 0 Å². The number of cyclic esters (lactones) is 1. The maximum absolute atomic E-state index is 12.2. The monoisotopic (exact) mass is 460 g/mol. The average molecular weight is 461 g/mol. The topological polar surface area (TPSA) is 82.2 Å². The van der Waals surface area contributed by atoms with Crippen LogP contribution in [0, 0.1) is 0 Å². The lowest BCUT2D eigenvalue weighted by Crippen LogP contribution is -2.49. The third kappa shape index (κ3) is 5.30. The number of ether oxygens (including phenoxy) is 1. The molecule has 1 aromatic carbocycles. The van der Waals surface area contributed by atoms with Gasteiger partial charge < -0.3 is 15.0 Å². The summed E-state index contributed by atoms with van der Waals surface area (Å²) in [6, 6.07) is 7.63. The average Bonchev–Trinajstić information content (AvgIpc) is 3.12. The van der Waals surface area contributed by atoms with E-state index in [2.05, 4.69) is 10.2 Å². The van der Waals surface area contributed by atoms with Crippen molar-refractivity contribution in [3.8, 4) is 0 Å². The Bertz CT molecular complexity index is 842. The van der Waals surface area contributed by atoms with Gasteiger partial charge in [-0.05, 0) is 30.7 Å². The van der Waals surface area contributed by atoms with Crippen LogP contribution in [0.25, 0.3) is 0 Å². The summed E-state index contributed by atoms with van der Waals surface area (Å²) in [5, 5.41) is 2.71. The van der Waals surface area contributed by atoms with Gasteiger partial charge in [-0.15, -0.1) is 11.6 Å². The molecule has 2 fully saturated rings. The van der Waals surface area contributed by atoms with Crippen molar-refractivity contribution < 1.29 is 17.9 Å². The molecule has 0 bridgehead atoms. The van der Waals surface area contributed by atoms with Gasteiger partial charge in [0.1, 0.15) is 11.3 Å². The van der Waals surface area contributed by atoms with Gasteiger partial charge in [-0.2, -0.15) is 4.31 Å². The summed E-state index contributed by atoms with van der Waals surface area (Å²) in [5.41, 5.74) is 1.75. The number of thiocarbonyl (C=S) groups is 1. The van der Waals surface area contributed by atoms with Crippen molar-refractivity contribution in [1.29, 1.82) is 0 Å². The number of amides is 1. The lowest BCUT2D eigenvalue weighted by molar-refractivity contribution is 0.143. The van der Waals surface area contributed by atoms with Gasteiger partial charge in [0.25, 0.3) is 0 Å². The number of nitrogens with one attached hydrogen (secondary N) is 1. The second-order valence-corrected chi connectivity index (χ2v) is 9.94. The number of nitrogens with zero attached hydrogens (tertiary/aromatic N) is 3. The summed E-state index contributed by atoms with van der Waals surface area (Å²) in [6.45, 7) is 4.93. The van der Waals surface area contributed by atoms with E-state index >= 15 is 0 Å². The standard InChI is InChI=1S/C18H25ClN4O4S2/c1-2-17(28)20-11-16-12-23(18(24)27-16)15-5-3-14(4-6-15)21-7-9-22(10-8-21)29(25,26)13-19/h3-6,16H,2,7-13H2,1H3,(H,20,28)/t16-/m0/s1. The molecule has 3 rings (SSSR count). The summed E-state index contributed by atoms with van der Waals surface area (Å²) in [5.74, 6) is 0. The highest BCUT2D eigenvalue weighted by Gasteiger charge is 2.32. The largest absolute Gasteiger partial charge is 0.442 e. The fraction of sp³-hybridized carbons (Fsp3) is 0.556. The number of benzene rings is 1. The first-order valence-electron chi connectivity index (χ1n) is 9.47. The van der Waals surface area contributed by atoms with Crippen molar-refractivity contribution in [1.82, 2.24) is 9.62 Å². The molecule has 1 atom stereocenters. The molecule has 160 valence electrons. The molecule has 11 heteroatoms. The first-order chi connectivity index (χ1) is 13.8. The summed E-state index contributed by atoms with van der Waals surface area (Å²) in [6.07, 6.45) is 0.142. The van der Waals surface area contributed by atoms with E-state index in [0.717, 1.165) is 22.8 Å². The highest BCUT2D eigenvalue weighted by Crippen LogP contribution is 2.26. The third-order valence-electron chi connectivity index (χ3n) is 5.02. The molecule has 0 radical (unpaired) electrons. The Balaban J connectivity index is 1.57. The van der Waals surface area contributed by atoms with Crippen molar-refractivity contribution in [3.05, 3.63) is 24.3 Å². The maximum Gasteiger partial charge on any atom is 0.414 e. The summed E-state index contributed by atoms with van der Waals surface area (Å²) in [7, 11) is -3.37. The van der Waals surface area contributed by atoms with E-state index in [1.54, 1.807) is 4.90 Å². The molecule has 1 amide bonds. The Morgan fingerprint density at radius 2 is 1.83 bits per heavy atom. The van der Waals surface area contributed by atoms with Crippen LogP contribution in [-0.4, -0.2) is 74.4 Å². The number of rotatable bonds is 7. The zero-order valence-electron chi connectivity index (χ0n) is 16.2. The van der Waals surface area contributed by atoms with Crippen LogP contribution < -0.4 is 15.1 Å². The minimum atomic E-state index is -3.37. The van der Waals surface area contributed by atoms with E-state index in [1.165, 1.54) is 4.31 Å². The molecule has 2 saturated heterocycles. The van der Waals surface area contributed by atoms with Crippen molar-refractivity contribution in [2.75, 3.05) is 54.3 Å². The van der Waals surface area contributed by atoms with Crippen LogP contribution in [0.3, 0.4) is 0 Å². The number of alkyl halides is 1. The fourth-order valence-electron chi connectivity index (χ4n) is 3.33. The van der Waals surface area contributed by atoms with Gasteiger partial charge in [0, 0.05) is 37.6 Å². The van der Waals surface area contributed by atoms with E-state index in [-0.39, 0.29) is 12.2 Å². The van der Waals surface area contributed by atoms with Gasteiger partial charge in [0.15, 0.2) is 0 Å². The van der Waals surface area contributed by atoms with Crippen LogP contribution in [0.1, 0.15) is 13.3 Å². The van der Waals surface area contributed by atoms with E-state index in [1.807, 2.05) is 31.2 Å². The number of carbonyl (C=O) groups is 1. The molecule has 1 aromatic rings. The minimum Gasteiger partial charge on any atom is -0.442 e. The second-order valence-electron chi connectivity index (χ2n) is 6.90. The molecule has 2 heterocycles. The van der Waals surface area contributed by atoms with Crippen LogP contribution in [0.2, 0.25) is 0 Å². The molecule has 0 aromatic heterocycles. The molecular weight excluding hydrogens is 436 g/mol. The molecule has 0 unspecified atom stereocenters. The summed E-state index contributed by atoms with van der Waals surface area (Å²) in [4.78, 5) is 16.7. The molecular formula is C18H25ClN4O4S2. The molecule has 2 aliphatic heterocycles. The van der Waals surface area contributed by atoms with Crippen LogP contribution in [-0.2, 0) is 14.8 Å². The second kappa shape index (κ2) is 9.46. The van der Waals surface area contributed by atoms with Crippen molar-refractivity contribution in [2.24, 2.45) is 0 Å². The zero-order valence-corrected chi connectivity index (χ0v) is 18.6. The molecule has 29 heavy (non-hydrogen) atoms. The number of halogens is 1. The van der Waals surface area contributed by atoms with Crippen LogP contribution in [0.15, 0.2) is 24.3 Å². The van der Waals surface area contributed by atoms with Crippen LogP contribution in [0.4, 0.5) is 16.2 Å². The van der Waals surface area contributed by atoms with E-state index < -0.39 is 15.2 Å². The van der Waals surface area contributed by atoms with Gasteiger partial charge in [-0.1, -0.05) is 19.1 Å². The lowest BCUT2D eigenvalue weighted by Gasteiger charge is -2.35. The first-order valence-corrected chi connectivity index (χ1v) is 12.0. The van der Waals surface area contributed by atoms with Gasteiger partial charge in [0.05, 0.1) is 18.1 Å². The minimum absolute atomic E-state index is 0.247. The number of carbonyl (C=O) groups excluding carboxylic acids is 1. The summed E-state index contributed by atoms with van der Waals surface area (Å²) < 4.78 is 30.5. The predicted molar refractivity (Wildman–Crippen MR) is 118 cm³/mol. The number of hydrogen-bond donors (Lipinski definition) is 1. The lowest BCUT2D eigenvalue weighted by atomic mass is 10.2. The van der Waals surface area contributed by atoms with Crippen LogP contribution >= 0.6 is 23.8 Å². The Morgan fingerprint density at radius 1 is 1.21 bits per heavy atom. The summed E-state index contributed by atoms with van der Waals surface area (Å²) >= 11 is 10.7. The highest BCUT2D eigenvalue weighted by atomic mass is 35.5. The highest BCUT2D eigenvalue weighted by molar-refractivity contribution is 7.90. The number of sulfonamides is 1. The fourth-order valence-corrected chi connectivity index (χ4v) is 4.68. The van der Waals surface area contributed by atoms with E-state index in [4.69, 9.17) is 28.6 Å². The Labute approximate surface area is 181 Å². The van der Waals surface area contributed by atoms with Crippen molar-refractivity contribution in [2.45, 2.75) is 19.4 Å².